The van der Waals surface area contributed by atoms with Crippen molar-refractivity contribution < 1.29 is 69.2 Å². The predicted molar refractivity (Wildman–Crippen MR) is 163 cm³/mol. The number of rotatable bonds is 6. The van der Waals surface area contributed by atoms with E-state index in [-0.39, 0.29) is 0 Å². The molecule has 0 bridgehead atoms. The molecule has 2 saturated heterocycles. The van der Waals surface area contributed by atoms with E-state index in [0.29, 0.717) is 6.04 Å². The Bertz CT molecular complexity index is 1590. The van der Waals surface area contributed by atoms with Crippen molar-refractivity contribution in [2.45, 2.75) is 56.8 Å². The fourth-order valence-corrected chi connectivity index (χ4v) is 5.34. The monoisotopic (exact) mass is 761 g/mol. The second-order valence-electron chi connectivity index (χ2n) is 12.1. The number of piperazine rings is 1. The first-order valence-corrected chi connectivity index (χ1v) is 15.6. The largest absolute Gasteiger partial charge is 0.490 e. The number of alkyl halides is 9. The van der Waals surface area contributed by atoms with Crippen molar-refractivity contribution in [1.29, 1.82) is 0 Å². The van der Waals surface area contributed by atoms with Crippen molar-refractivity contribution in [3.63, 3.8) is 0 Å². The lowest BCUT2D eigenvalue weighted by atomic mass is 10.1. The van der Waals surface area contributed by atoms with Gasteiger partial charge in [0.05, 0.1) is 17.9 Å². The van der Waals surface area contributed by atoms with Crippen LogP contribution < -0.4 is 4.90 Å². The molecule has 3 N–H and O–H groups in total. The van der Waals surface area contributed by atoms with Gasteiger partial charge in [-0.05, 0) is 43.7 Å². The van der Waals surface area contributed by atoms with E-state index in [0.717, 1.165) is 50.8 Å². The molecule has 22 heteroatoms. The number of imidazole rings is 1. The number of aliphatic carboxylic acids is 3. The van der Waals surface area contributed by atoms with E-state index in [2.05, 4.69) is 54.8 Å². The zero-order valence-electron chi connectivity index (χ0n) is 27.5. The number of carboxylic acid groups (broad SMARTS) is 3. The Kier molecular flexibility index (Phi) is 13.9. The van der Waals surface area contributed by atoms with Gasteiger partial charge in [0.1, 0.15) is 11.5 Å². The number of fused-ring (bicyclic) bond motifs is 1. The van der Waals surface area contributed by atoms with E-state index in [1.54, 1.807) is 0 Å². The van der Waals surface area contributed by atoms with Gasteiger partial charge in [0, 0.05) is 70.8 Å². The predicted octanol–water partition coefficient (Wildman–Crippen LogP) is 4.84. The quantitative estimate of drug-likeness (QED) is 0.296. The first kappa shape index (κ1) is 41.8. The van der Waals surface area contributed by atoms with Crippen LogP contribution in [-0.4, -0.2) is 120 Å². The van der Waals surface area contributed by atoms with Crippen LogP contribution in [0.3, 0.4) is 0 Å². The van der Waals surface area contributed by atoms with E-state index >= 15 is 0 Å². The fourth-order valence-electron chi connectivity index (χ4n) is 5.34. The molecule has 1 unspecified atom stereocenters. The molecule has 0 aromatic carbocycles. The lowest BCUT2D eigenvalue weighted by molar-refractivity contribution is -0.193. The summed E-state index contributed by atoms with van der Waals surface area (Å²) >= 11 is 0. The Morgan fingerprint density at radius 3 is 1.81 bits per heavy atom. The molecule has 0 spiro atoms. The Morgan fingerprint density at radius 1 is 0.808 bits per heavy atom. The maximum absolute atomic E-state index is 10.6. The Balaban J connectivity index is 0.000000285. The van der Waals surface area contributed by atoms with Gasteiger partial charge < -0.3 is 20.2 Å². The van der Waals surface area contributed by atoms with Gasteiger partial charge in [-0.15, -0.1) is 0 Å². The molecule has 2 aliphatic heterocycles. The zero-order chi connectivity index (χ0) is 39.0. The average molecular weight is 762 g/mol. The smallest absolute Gasteiger partial charge is 0.475 e. The Morgan fingerprint density at radius 2 is 1.35 bits per heavy atom. The number of nitrogens with zero attached hydrogens (tertiary/aromatic N) is 7. The molecule has 290 valence electrons. The van der Waals surface area contributed by atoms with E-state index in [1.165, 1.54) is 49.3 Å². The zero-order valence-corrected chi connectivity index (χ0v) is 27.5. The number of hydrogen-bond donors (Lipinski definition) is 3. The maximum Gasteiger partial charge on any atom is 0.490 e. The van der Waals surface area contributed by atoms with E-state index in [9.17, 15) is 39.5 Å². The summed E-state index contributed by atoms with van der Waals surface area (Å²) in [5.41, 5.74) is 3.60. The van der Waals surface area contributed by atoms with Crippen LogP contribution in [0.25, 0.3) is 5.65 Å². The number of aryl methyl sites for hydroxylation is 1. The number of hydrogen-bond acceptors (Lipinski definition) is 8. The highest BCUT2D eigenvalue weighted by Gasteiger charge is 2.39. The van der Waals surface area contributed by atoms with Crippen LogP contribution in [0.15, 0.2) is 36.8 Å². The molecule has 1 aliphatic carbocycles. The molecule has 0 radical (unpaired) electrons. The topological polar surface area (TPSA) is 157 Å². The van der Waals surface area contributed by atoms with Crippen molar-refractivity contribution in [2.24, 2.45) is 13.0 Å². The lowest BCUT2D eigenvalue weighted by Crippen LogP contribution is -2.48. The van der Waals surface area contributed by atoms with Gasteiger partial charge >= 0.3 is 36.4 Å². The minimum atomic E-state index is -5.08. The van der Waals surface area contributed by atoms with Crippen LogP contribution in [0, 0.1) is 5.92 Å². The summed E-state index contributed by atoms with van der Waals surface area (Å²) in [5.74, 6) is -6.08. The number of halogens is 9. The van der Waals surface area contributed by atoms with Crippen molar-refractivity contribution in [3.05, 3.63) is 48.0 Å². The second kappa shape index (κ2) is 17.3. The standard InChI is InChI=1S/C24H33N7.3C2HF3O2/c1-27-14-20(13-25-27)15-28-11-12-30(16-19-7-8-19)22(18-28)21-17-31-23(26-21)5-4-6-24(31)29-9-2-3-10-29;3*3-2(4,5)1(6)7/h4-6,13-14,17,19,22H,2-3,7-12,15-16,18H2,1H3;3*(H,6,7). The molecule has 6 rings (SSSR count). The SMILES string of the molecule is Cn1cc(CN2CCN(CC3CC3)C(c3cn4c(N5CCCC5)cccc4n3)C2)cn1.O=C(O)C(F)(F)F.O=C(O)C(F)(F)F.O=C(O)C(F)(F)F. The molecular formula is C30H36F9N7O6. The average Bonchev–Trinajstić information content (AvgIpc) is 3.38. The van der Waals surface area contributed by atoms with E-state index in [4.69, 9.17) is 34.7 Å². The molecule has 52 heavy (non-hydrogen) atoms. The first-order valence-electron chi connectivity index (χ1n) is 15.6. The van der Waals surface area contributed by atoms with Crippen molar-refractivity contribution in [2.75, 3.05) is 44.2 Å². The van der Waals surface area contributed by atoms with Gasteiger partial charge in [0.15, 0.2) is 0 Å². The van der Waals surface area contributed by atoms with Gasteiger partial charge in [-0.3, -0.25) is 18.9 Å². The van der Waals surface area contributed by atoms with E-state index in [1.807, 2.05) is 17.9 Å². The third-order valence-corrected chi connectivity index (χ3v) is 7.92. The van der Waals surface area contributed by atoms with Gasteiger partial charge in [0.2, 0.25) is 0 Å². The highest BCUT2D eigenvalue weighted by molar-refractivity contribution is 5.73. The lowest BCUT2D eigenvalue weighted by Gasteiger charge is -2.40. The van der Waals surface area contributed by atoms with Crippen molar-refractivity contribution in [1.82, 2.24) is 29.0 Å². The first-order chi connectivity index (χ1) is 24.1. The number of aromatic nitrogens is 4. The van der Waals surface area contributed by atoms with Crippen molar-refractivity contribution >= 4 is 29.4 Å². The normalized spacial score (nSPS) is 18.4. The summed E-state index contributed by atoms with van der Waals surface area (Å²) in [6, 6.07) is 6.93. The van der Waals surface area contributed by atoms with Crippen LogP contribution in [0.1, 0.15) is 43.0 Å². The molecule has 13 nitrogen and oxygen atoms in total. The van der Waals surface area contributed by atoms with E-state index < -0.39 is 36.4 Å². The highest BCUT2D eigenvalue weighted by atomic mass is 19.4. The van der Waals surface area contributed by atoms with Gasteiger partial charge in [0.25, 0.3) is 0 Å². The van der Waals surface area contributed by atoms with Crippen LogP contribution in [0.2, 0.25) is 0 Å². The van der Waals surface area contributed by atoms with Gasteiger partial charge in [-0.2, -0.15) is 44.6 Å². The summed E-state index contributed by atoms with van der Waals surface area (Å²) in [5, 5.41) is 25.7. The van der Waals surface area contributed by atoms with Crippen LogP contribution in [-0.2, 0) is 28.0 Å². The van der Waals surface area contributed by atoms with Crippen LogP contribution in [0.5, 0.6) is 0 Å². The van der Waals surface area contributed by atoms with Gasteiger partial charge in [-0.25, -0.2) is 19.4 Å². The maximum atomic E-state index is 10.6. The number of pyridine rings is 1. The molecule has 0 amide bonds. The third-order valence-electron chi connectivity index (χ3n) is 7.92. The second-order valence-corrected chi connectivity index (χ2v) is 12.1. The van der Waals surface area contributed by atoms with Crippen LogP contribution >= 0.6 is 0 Å². The highest BCUT2D eigenvalue weighted by Crippen LogP contribution is 2.35. The molecule has 5 heterocycles. The summed E-state index contributed by atoms with van der Waals surface area (Å²) in [6.45, 7) is 7.76. The third kappa shape index (κ3) is 12.9. The molecule has 3 aromatic heterocycles. The molecular weight excluding hydrogens is 725 g/mol. The molecule has 1 atom stereocenters. The minimum absolute atomic E-state index is 0.359. The Labute approximate surface area is 289 Å². The van der Waals surface area contributed by atoms with Crippen LogP contribution in [0.4, 0.5) is 45.3 Å². The number of carboxylic acids is 3. The molecule has 3 aromatic rings. The molecule has 3 aliphatic rings. The molecule has 3 fully saturated rings. The summed E-state index contributed by atoms with van der Waals surface area (Å²) in [4.78, 5) is 39.6. The van der Waals surface area contributed by atoms with Crippen molar-refractivity contribution in [3.8, 4) is 0 Å². The number of anilines is 1. The summed E-state index contributed by atoms with van der Waals surface area (Å²) in [7, 11) is 1.99. The molecule has 1 saturated carbocycles. The number of carbonyl (C=O) groups is 3. The Hall–Kier alpha value is -4.60. The fraction of sp³-hybridized carbons (Fsp3) is 0.567. The summed E-state index contributed by atoms with van der Waals surface area (Å²) < 4.78 is 99.4. The summed E-state index contributed by atoms with van der Waals surface area (Å²) in [6.07, 6.45) is -3.42. The van der Waals surface area contributed by atoms with Gasteiger partial charge in [-0.1, -0.05) is 6.07 Å². The minimum Gasteiger partial charge on any atom is -0.475 e.